The lowest BCUT2D eigenvalue weighted by atomic mass is 9.96. The second kappa shape index (κ2) is 9.49. The number of aliphatic carboxylic acids is 1. The number of amides is 1. The molecule has 30 heavy (non-hydrogen) atoms. The van der Waals surface area contributed by atoms with Crippen LogP contribution in [0.25, 0.3) is 0 Å². The summed E-state index contributed by atoms with van der Waals surface area (Å²) >= 11 is 5.91. The first kappa shape index (κ1) is 22.1. The third-order valence-electron chi connectivity index (χ3n) is 5.82. The minimum absolute atomic E-state index is 0.0333. The molecular weight excluding hydrogens is 404 g/mol. The smallest absolute Gasteiger partial charge is 0.341 e. The number of carboxylic acid groups (broad SMARTS) is 1. The molecule has 0 aromatic heterocycles. The highest BCUT2D eigenvalue weighted by molar-refractivity contribution is 6.30. The molecule has 1 aliphatic heterocycles. The summed E-state index contributed by atoms with van der Waals surface area (Å²) in [5, 5.41) is 9.45. The van der Waals surface area contributed by atoms with Gasteiger partial charge in [0.25, 0.3) is 5.91 Å². The molecule has 1 aliphatic rings. The fraction of sp³-hybridized carbons (Fsp3) is 0.391. The average molecular weight is 431 g/mol. The predicted molar refractivity (Wildman–Crippen MR) is 116 cm³/mol. The second-order valence-corrected chi connectivity index (χ2v) is 8.03. The zero-order valence-corrected chi connectivity index (χ0v) is 18.3. The Morgan fingerprint density at radius 3 is 2.27 bits per heavy atom. The molecule has 7 heteroatoms. The van der Waals surface area contributed by atoms with Crippen LogP contribution in [0.3, 0.4) is 0 Å². The van der Waals surface area contributed by atoms with E-state index >= 15 is 0 Å². The molecule has 2 aromatic carbocycles. The van der Waals surface area contributed by atoms with Gasteiger partial charge < -0.3 is 14.7 Å². The summed E-state index contributed by atoms with van der Waals surface area (Å²) in [5.74, 6) is -0.356. The van der Waals surface area contributed by atoms with E-state index in [0.29, 0.717) is 29.4 Å². The molecule has 2 aromatic rings. The molecule has 6 nitrogen and oxygen atoms in total. The van der Waals surface area contributed by atoms with Crippen molar-refractivity contribution >= 4 is 23.5 Å². The van der Waals surface area contributed by atoms with Gasteiger partial charge >= 0.3 is 5.97 Å². The molecule has 0 spiro atoms. The molecule has 0 bridgehead atoms. The molecule has 3 rings (SSSR count). The molecule has 1 atom stereocenters. The van der Waals surface area contributed by atoms with Crippen LogP contribution in [-0.4, -0.2) is 59.6 Å². The number of carboxylic acids is 1. The highest BCUT2D eigenvalue weighted by Crippen LogP contribution is 2.31. The fourth-order valence-corrected chi connectivity index (χ4v) is 3.98. The quantitative estimate of drug-likeness (QED) is 0.751. The first-order valence-electron chi connectivity index (χ1n) is 10.0. The van der Waals surface area contributed by atoms with Crippen LogP contribution in [0.1, 0.15) is 40.0 Å². The Kier molecular flexibility index (Phi) is 7.00. The van der Waals surface area contributed by atoms with Gasteiger partial charge in [-0.2, -0.15) is 0 Å². The van der Waals surface area contributed by atoms with E-state index in [-0.39, 0.29) is 18.6 Å². The Bertz CT molecular complexity index is 922. The number of carbonyl (C=O) groups is 2. The van der Waals surface area contributed by atoms with Crippen LogP contribution >= 0.6 is 11.6 Å². The molecule has 0 radical (unpaired) electrons. The first-order valence-corrected chi connectivity index (χ1v) is 10.4. The molecule has 1 fully saturated rings. The molecule has 1 amide bonds. The van der Waals surface area contributed by atoms with Crippen molar-refractivity contribution in [2.45, 2.75) is 26.8 Å². The minimum Gasteiger partial charge on any atom is -0.482 e. The lowest BCUT2D eigenvalue weighted by molar-refractivity contribution is -0.139. The number of halogens is 1. The van der Waals surface area contributed by atoms with Crippen molar-refractivity contribution in [3.63, 3.8) is 0 Å². The lowest BCUT2D eigenvalue weighted by Crippen LogP contribution is -2.49. The predicted octanol–water partition coefficient (Wildman–Crippen LogP) is 3.94. The lowest BCUT2D eigenvalue weighted by Gasteiger charge is -2.38. The minimum atomic E-state index is -0.990. The Morgan fingerprint density at radius 2 is 1.67 bits per heavy atom. The van der Waals surface area contributed by atoms with Crippen molar-refractivity contribution < 1.29 is 19.4 Å². The van der Waals surface area contributed by atoms with Crippen LogP contribution in [0.5, 0.6) is 5.75 Å². The molecule has 1 heterocycles. The van der Waals surface area contributed by atoms with Gasteiger partial charge in [-0.15, -0.1) is 0 Å². The molecule has 160 valence electrons. The van der Waals surface area contributed by atoms with Crippen LogP contribution in [0.15, 0.2) is 36.4 Å². The number of hydrogen-bond donors (Lipinski definition) is 1. The maximum absolute atomic E-state index is 12.7. The van der Waals surface area contributed by atoms with Crippen molar-refractivity contribution in [3.8, 4) is 5.75 Å². The highest BCUT2D eigenvalue weighted by atomic mass is 35.5. The zero-order valence-electron chi connectivity index (χ0n) is 17.5. The number of piperazine rings is 1. The topological polar surface area (TPSA) is 70.1 Å². The van der Waals surface area contributed by atoms with E-state index in [2.05, 4.69) is 11.8 Å². The summed E-state index contributed by atoms with van der Waals surface area (Å²) in [7, 11) is 0. The van der Waals surface area contributed by atoms with Crippen LogP contribution in [0.4, 0.5) is 0 Å². The third kappa shape index (κ3) is 4.94. The van der Waals surface area contributed by atoms with Crippen molar-refractivity contribution in [2.75, 3.05) is 32.8 Å². The Hall–Kier alpha value is -2.57. The van der Waals surface area contributed by atoms with Crippen molar-refractivity contribution in [2.24, 2.45) is 0 Å². The van der Waals surface area contributed by atoms with Crippen LogP contribution in [0, 0.1) is 13.8 Å². The number of nitrogens with zero attached hydrogens (tertiary/aromatic N) is 2. The Morgan fingerprint density at radius 1 is 1.03 bits per heavy atom. The maximum atomic E-state index is 12.7. The SMILES string of the molecule is Cc1c(OCC(=O)O)ccc(C(C)N2CCN(C(=O)c3ccc(Cl)cc3)CC2)c1C. The molecule has 1 saturated heterocycles. The number of benzene rings is 2. The van der Waals surface area contributed by atoms with Crippen LogP contribution in [-0.2, 0) is 4.79 Å². The van der Waals surface area contributed by atoms with E-state index in [1.165, 1.54) is 5.56 Å². The number of hydrogen-bond acceptors (Lipinski definition) is 4. The van der Waals surface area contributed by atoms with E-state index < -0.39 is 5.97 Å². The van der Waals surface area contributed by atoms with Gasteiger partial charge in [-0.25, -0.2) is 4.79 Å². The summed E-state index contributed by atoms with van der Waals surface area (Å²) in [4.78, 5) is 27.7. The van der Waals surface area contributed by atoms with Crippen LogP contribution in [0.2, 0.25) is 5.02 Å². The van der Waals surface area contributed by atoms with E-state index in [0.717, 1.165) is 24.2 Å². The maximum Gasteiger partial charge on any atom is 0.341 e. The third-order valence-corrected chi connectivity index (χ3v) is 6.07. The van der Waals surface area contributed by atoms with Gasteiger partial charge in [0.05, 0.1) is 0 Å². The monoisotopic (exact) mass is 430 g/mol. The van der Waals surface area contributed by atoms with Crippen molar-refractivity contribution in [3.05, 3.63) is 63.7 Å². The summed E-state index contributed by atoms with van der Waals surface area (Å²) in [6.45, 7) is 8.72. The van der Waals surface area contributed by atoms with E-state index in [1.807, 2.05) is 30.9 Å². The normalized spacial score (nSPS) is 15.7. The second-order valence-electron chi connectivity index (χ2n) is 7.60. The van der Waals surface area contributed by atoms with E-state index in [4.69, 9.17) is 21.4 Å². The van der Waals surface area contributed by atoms with E-state index in [1.54, 1.807) is 24.3 Å². The van der Waals surface area contributed by atoms with Gasteiger partial charge in [-0.1, -0.05) is 17.7 Å². The standard InChI is InChI=1S/C23H27ClN2O4/c1-15-16(2)21(30-14-22(27)28)9-8-20(15)17(3)25-10-12-26(13-11-25)23(29)18-4-6-19(24)7-5-18/h4-9,17H,10-14H2,1-3H3,(H,27,28). The summed E-state index contributed by atoms with van der Waals surface area (Å²) in [5.41, 5.74) is 3.90. The molecular formula is C23H27ClN2O4. The number of carbonyl (C=O) groups excluding carboxylic acids is 1. The van der Waals surface area contributed by atoms with Gasteiger partial charge in [0.2, 0.25) is 0 Å². The summed E-state index contributed by atoms with van der Waals surface area (Å²) < 4.78 is 5.38. The van der Waals surface area contributed by atoms with Gasteiger partial charge in [0.1, 0.15) is 5.75 Å². The van der Waals surface area contributed by atoms with Crippen LogP contribution < -0.4 is 4.74 Å². The fourth-order valence-electron chi connectivity index (χ4n) is 3.85. The first-order chi connectivity index (χ1) is 14.3. The molecule has 1 unspecified atom stereocenters. The highest BCUT2D eigenvalue weighted by Gasteiger charge is 2.26. The van der Waals surface area contributed by atoms with E-state index in [9.17, 15) is 9.59 Å². The summed E-state index contributed by atoms with van der Waals surface area (Å²) in [6, 6.07) is 11.0. The number of rotatable bonds is 6. The average Bonchev–Trinajstić information content (AvgIpc) is 2.74. The number of ether oxygens (including phenoxy) is 1. The molecule has 0 saturated carbocycles. The Balaban J connectivity index is 1.64. The van der Waals surface area contributed by atoms with Gasteiger partial charge in [0.15, 0.2) is 6.61 Å². The Labute approximate surface area is 182 Å². The molecule has 1 N–H and O–H groups in total. The molecule has 0 aliphatic carbocycles. The van der Waals surface area contributed by atoms with Crippen molar-refractivity contribution in [1.29, 1.82) is 0 Å². The van der Waals surface area contributed by atoms with Gasteiger partial charge in [-0.3, -0.25) is 9.69 Å². The summed E-state index contributed by atoms with van der Waals surface area (Å²) in [6.07, 6.45) is 0. The van der Waals surface area contributed by atoms with Gasteiger partial charge in [-0.05, 0) is 67.8 Å². The largest absolute Gasteiger partial charge is 0.482 e. The van der Waals surface area contributed by atoms with Crippen molar-refractivity contribution in [1.82, 2.24) is 9.80 Å². The zero-order chi connectivity index (χ0) is 21.8. The van der Waals surface area contributed by atoms with Gasteiger partial charge in [0, 0.05) is 42.8 Å².